The van der Waals surface area contributed by atoms with Gasteiger partial charge in [0.1, 0.15) is 11.5 Å². The minimum Gasteiger partial charge on any atom is -0.493 e. The van der Waals surface area contributed by atoms with Gasteiger partial charge in [-0.25, -0.2) is 0 Å². The molecule has 0 saturated carbocycles. The second-order valence-corrected chi connectivity index (χ2v) is 7.29. The summed E-state index contributed by atoms with van der Waals surface area (Å²) in [6.45, 7) is 5.18. The number of carbonyl (C=O) groups is 1. The summed E-state index contributed by atoms with van der Waals surface area (Å²) < 4.78 is 11.7. The molecule has 0 saturated heterocycles. The van der Waals surface area contributed by atoms with Crippen molar-refractivity contribution < 1.29 is 14.3 Å². The molecule has 0 aliphatic carbocycles. The summed E-state index contributed by atoms with van der Waals surface area (Å²) in [7, 11) is 0. The van der Waals surface area contributed by atoms with Crippen LogP contribution in [0.2, 0.25) is 0 Å². The molecular weight excluding hydrogens is 360 g/mol. The Hall–Kier alpha value is -2.73. The van der Waals surface area contributed by atoms with Crippen molar-refractivity contribution in [3.63, 3.8) is 0 Å². The van der Waals surface area contributed by atoms with Gasteiger partial charge in [0.15, 0.2) is 5.17 Å². The van der Waals surface area contributed by atoms with Gasteiger partial charge >= 0.3 is 0 Å². The highest BCUT2D eigenvalue weighted by Gasteiger charge is 2.20. The Morgan fingerprint density at radius 2 is 1.81 bits per heavy atom. The number of amidine groups is 1. The van der Waals surface area contributed by atoms with E-state index in [2.05, 4.69) is 17.1 Å². The molecule has 6 heteroatoms. The minimum atomic E-state index is -0.311. The Bertz CT molecular complexity index is 906. The molecule has 0 radical (unpaired) electrons. The molecule has 5 nitrogen and oxygen atoms in total. The molecular formula is C21H22N2O3S. The number of benzene rings is 2. The molecule has 140 valence electrons. The van der Waals surface area contributed by atoms with E-state index < -0.39 is 0 Å². The smallest absolute Gasteiger partial charge is 0.286 e. The molecule has 0 atom stereocenters. The first-order chi connectivity index (χ1) is 13.0. The van der Waals surface area contributed by atoms with Gasteiger partial charge < -0.3 is 15.2 Å². The van der Waals surface area contributed by atoms with E-state index in [0.717, 1.165) is 29.0 Å². The van der Waals surface area contributed by atoms with Crippen molar-refractivity contribution in [2.75, 3.05) is 13.2 Å². The third-order valence-electron chi connectivity index (χ3n) is 3.99. The van der Waals surface area contributed by atoms with Crippen molar-refractivity contribution in [1.82, 2.24) is 0 Å². The van der Waals surface area contributed by atoms with Gasteiger partial charge in [-0.15, -0.1) is 0 Å². The number of hydrogen-bond donors (Lipinski definition) is 1. The van der Waals surface area contributed by atoms with Crippen LogP contribution >= 0.6 is 11.8 Å². The standard InChI is InChI=1S/C21H22N2O3S/c1-14-8-9-15(2)18(12-14)26-11-5-10-25-17-7-4-3-6-16(17)13-19-20(24)23-21(22)27-19/h3-4,6-9,12-13H,5,10-11H2,1-2H3,(H2,22,23,24)/b19-13+. The number of carbonyl (C=O) groups excluding carboxylic acids is 1. The number of ether oxygens (including phenoxy) is 2. The first-order valence-electron chi connectivity index (χ1n) is 8.73. The Morgan fingerprint density at radius 3 is 2.56 bits per heavy atom. The van der Waals surface area contributed by atoms with Gasteiger partial charge in [-0.1, -0.05) is 30.3 Å². The summed E-state index contributed by atoms with van der Waals surface area (Å²) in [5.41, 5.74) is 8.72. The maximum Gasteiger partial charge on any atom is 0.286 e. The van der Waals surface area contributed by atoms with Crippen molar-refractivity contribution in [3.8, 4) is 11.5 Å². The lowest BCUT2D eigenvalue weighted by Gasteiger charge is -2.12. The number of aliphatic imine (C=N–C) groups is 1. The quantitative estimate of drug-likeness (QED) is 0.577. The lowest BCUT2D eigenvalue weighted by molar-refractivity contribution is -0.113. The highest BCUT2D eigenvalue weighted by atomic mass is 32.2. The average Bonchev–Trinajstić information content (AvgIpc) is 2.96. The van der Waals surface area contributed by atoms with Crippen LogP contribution in [0.25, 0.3) is 6.08 Å². The van der Waals surface area contributed by atoms with Gasteiger partial charge in [-0.05, 0) is 54.9 Å². The maximum absolute atomic E-state index is 11.8. The second kappa shape index (κ2) is 8.77. The van der Waals surface area contributed by atoms with Gasteiger partial charge in [0, 0.05) is 12.0 Å². The number of aryl methyl sites for hydroxylation is 2. The van der Waals surface area contributed by atoms with Crippen molar-refractivity contribution in [2.45, 2.75) is 20.3 Å². The Balaban J connectivity index is 1.54. The molecule has 2 aromatic carbocycles. The van der Waals surface area contributed by atoms with E-state index in [0.29, 0.717) is 18.1 Å². The van der Waals surface area contributed by atoms with Crippen molar-refractivity contribution in [3.05, 3.63) is 64.1 Å². The Morgan fingerprint density at radius 1 is 1.07 bits per heavy atom. The number of nitrogens with zero attached hydrogens (tertiary/aromatic N) is 1. The Labute approximate surface area is 163 Å². The molecule has 27 heavy (non-hydrogen) atoms. The van der Waals surface area contributed by atoms with Crippen LogP contribution in [0, 0.1) is 13.8 Å². The van der Waals surface area contributed by atoms with Crippen LogP contribution in [-0.2, 0) is 4.79 Å². The summed E-state index contributed by atoms with van der Waals surface area (Å²) in [6.07, 6.45) is 2.51. The van der Waals surface area contributed by atoms with Crippen LogP contribution in [0.15, 0.2) is 52.4 Å². The van der Waals surface area contributed by atoms with Gasteiger partial charge in [0.05, 0.1) is 18.1 Å². The number of nitrogens with two attached hydrogens (primary N) is 1. The lowest BCUT2D eigenvalue weighted by atomic mass is 10.1. The number of rotatable bonds is 7. The summed E-state index contributed by atoms with van der Waals surface area (Å²) in [6, 6.07) is 13.8. The minimum absolute atomic E-state index is 0.272. The van der Waals surface area contributed by atoms with Crippen LogP contribution in [0.4, 0.5) is 0 Å². The van der Waals surface area contributed by atoms with E-state index in [-0.39, 0.29) is 11.1 Å². The number of hydrogen-bond acceptors (Lipinski definition) is 5. The monoisotopic (exact) mass is 382 g/mol. The molecule has 1 amide bonds. The zero-order valence-corrected chi connectivity index (χ0v) is 16.2. The third kappa shape index (κ3) is 5.14. The van der Waals surface area contributed by atoms with E-state index in [1.807, 2.05) is 44.2 Å². The summed E-state index contributed by atoms with van der Waals surface area (Å²) in [4.78, 5) is 16.0. The van der Waals surface area contributed by atoms with E-state index in [4.69, 9.17) is 15.2 Å². The molecule has 2 N–H and O–H groups in total. The molecule has 2 aromatic rings. The molecule has 1 aliphatic heterocycles. The highest BCUT2D eigenvalue weighted by molar-refractivity contribution is 8.18. The van der Waals surface area contributed by atoms with E-state index >= 15 is 0 Å². The van der Waals surface area contributed by atoms with Gasteiger partial charge in [-0.3, -0.25) is 4.79 Å². The Kier molecular flexibility index (Phi) is 6.19. The molecule has 3 rings (SSSR count). The zero-order chi connectivity index (χ0) is 19.2. The SMILES string of the molecule is Cc1ccc(C)c(OCCCOc2ccccc2/C=C2/SC(N)=NC2=O)c1. The fraction of sp³-hybridized carbons (Fsp3) is 0.238. The van der Waals surface area contributed by atoms with Crippen LogP contribution in [-0.4, -0.2) is 24.3 Å². The zero-order valence-electron chi connectivity index (χ0n) is 15.4. The fourth-order valence-corrected chi connectivity index (χ4v) is 3.26. The first kappa shape index (κ1) is 19.0. The molecule has 0 bridgehead atoms. The number of thioether (sulfide) groups is 1. The highest BCUT2D eigenvalue weighted by Crippen LogP contribution is 2.29. The van der Waals surface area contributed by atoms with Crippen molar-refractivity contribution >= 4 is 28.9 Å². The van der Waals surface area contributed by atoms with Crippen LogP contribution in [0.3, 0.4) is 0 Å². The summed E-state index contributed by atoms with van der Waals surface area (Å²) in [5.74, 6) is 1.32. The molecule has 0 spiro atoms. The predicted octanol–water partition coefficient (Wildman–Crippen LogP) is 4.08. The molecule has 1 heterocycles. The number of para-hydroxylation sites is 1. The van der Waals surface area contributed by atoms with E-state index in [1.54, 1.807) is 6.08 Å². The van der Waals surface area contributed by atoms with E-state index in [9.17, 15) is 4.79 Å². The van der Waals surface area contributed by atoms with Crippen LogP contribution in [0.1, 0.15) is 23.1 Å². The van der Waals surface area contributed by atoms with Crippen molar-refractivity contribution in [2.24, 2.45) is 10.7 Å². The summed E-state index contributed by atoms with van der Waals surface area (Å²) >= 11 is 1.17. The molecule has 0 unspecified atom stereocenters. The lowest BCUT2D eigenvalue weighted by Crippen LogP contribution is -2.06. The molecule has 0 aromatic heterocycles. The van der Waals surface area contributed by atoms with E-state index in [1.165, 1.54) is 17.3 Å². The normalized spacial score (nSPS) is 15.1. The van der Waals surface area contributed by atoms with Gasteiger partial charge in [-0.2, -0.15) is 4.99 Å². The molecule has 1 aliphatic rings. The van der Waals surface area contributed by atoms with Crippen LogP contribution < -0.4 is 15.2 Å². The second-order valence-electron chi connectivity index (χ2n) is 6.22. The topological polar surface area (TPSA) is 73.9 Å². The fourth-order valence-electron chi connectivity index (χ4n) is 2.58. The summed E-state index contributed by atoms with van der Waals surface area (Å²) in [5, 5.41) is 0.272. The van der Waals surface area contributed by atoms with Gasteiger partial charge in [0.25, 0.3) is 5.91 Å². The maximum atomic E-state index is 11.8. The predicted molar refractivity (Wildman–Crippen MR) is 110 cm³/mol. The largest absolute Gasteiger partial charge is 0.493 e. The number of amides is 1. The van der Waals surface area contributed by atoms with Crippen LogP contribution in [0.5, 0.6) is 11.5 Å². The van der Waals surface area contributed by atoms with Crippen molar-refractivity contribution in [1.29, 1.82) is 0 Å². The van der Waals surface area contributed by atoms with Gasteiger partial charge in [0.2, 0.25) is 0 Å². The first-order valence-corrected chi connectivity index (χ1v) is 9.54. The third-order valence-corrected chi connectivity index (χ3v) is 4.80. The molecule has 0 fully saturated rings. The average molecular weight is 382 g/mol.